The van der Waals surface area contributed by atoms with Gasteiger partial charge in [-0.1, -0.05) is 11.6 Å². The Hall–Kier alpha value is -1.42. The highest BCUT2D eigenvalue weighted by Crippen LogP contribution is 2.45. The minimum absolute atomic E-state index is 0.107. The highest BCUT2D eigenvalue weighted by atomic mass is 16.6. The molecule has 116 valence electrons. The summed E-state index contributed by atoms with van der Waals surface area (Å²) < 4.78 is 10.8. The molecule has 0 amide bonds. The molecule has 0 aromatic rings. The smallest absolute Gasteiger partial charge is 0.302 e. The summed E-state index contributed by atoms with van der Waals surface area (Å²) in [6.45, 7) is 7.52. The lowest BCUT2D eigenvalue weighted by Gasteiger charge is -2.14. The molecule has 0 bridgehead atoms. The normalized spacial score (nSPS) is 31.9. The molecule has 0 saturated carbocycles. The highest BCUT2D eigenvalue weighted by molar-refractivity contribution is 5.97. The molecule has 0 spiro atoms. The fraction of sp³-hybridized carbons (Fsp3) is 0.647. The molecular formula is C17H24O4. The summed E-state index contributed by atoms with van der Waals surface area (Å²) in [5, 5.41) is 0. The molecule has 2 rings (SSSR count). The van der Waals surface area contributed by atoms with Crippen LogP contribution in [0.5, 0.6) is 0 Å². The van der Waals surface area contributed by atoms with Gasteiger partial charge >= 0.3 is 5.97 Å². The maximum atomic E-state index is 12.5. The van der Waals surface area contributed by atoms with E-state index in [1.807, 2.05) is 13.8 Å². The van der Waals surface area contributed by atoms with Gasteiger partial charge in [0.1, 0.15) is 6.61 Å². The van der Waals surface area contributed by atoms with Gasteiger partial charge in [-0.05, 0) is 39.2 Å². The number of allylic oxidation sites excluding steroid dienone is 2. The molecule has 4 nitrogen and oxygen atoms in total. The topological polar surface area (TPSA) is 55.9 Å². The van der Waals surface area contributed by atoms with E-state index in [9.17, 15) is 9.59 Å². The van der Waals surface area contributed by atoms with Crippen molar-refractivity contribution < 1.29 is 19.1 Å². The van der Waals surface area contributed by atoms with Crippen LogP contribution in [0.2, 0.25) is 0 Å². The second kappa shape index (κ2) is 6.14. The molecule has 1 fully saturated rings. The predicted octanol–water partition coefficient (Wildman–Crippen LogP) is 3.11. The number of hydrogen-bond donors (Lipinski definition) is 0. The summed E-state index contributed by atoms with van der Waals surface area (Å²) in [7, 11) is 0. The molecule has 1 heterocycles. The van der Waals surface area contributed by atoms with Crippen molar-refractivity contribution >= 4 is 11.8 Å². The lowest BCUT2D eigenvalue weighted by molar-refractivity contribution is -0.140. The van der Waals surface area contributed by atoms with Gasteiger partial charge in [-0.15, -0.1) is 0 Å². The van der Waals surface area contributed by atoms with Gasteiger partial charge in [0.25, 0.3) is 0 Å². The van der Waals surface area contributed by atoms with Crippen molar-refractivity contribution in [3.63, 3.8) is 0 Å². The minimum atomic E-state index is -0.328. The van der Waals surface area contributed by atoms with Crippen LogP contribution in [-0.4, -0.2) is 30.1 Å². The summed E-state index contributed by atoms with van der Waals surface area (Å²) in [4.78, 5) is 23.5. The molecule has 1 saturated heterocycles. The number of epoxide rings is 1. The second-order valence-electron chi connectivity index (χ2n) is 6.35. The van der Waals surface area contributed by atoms with Crippen LogP contribution in [0, 0.1) is 0 Å². The third-order valence-corrected chi connectivity index (χ3v) is 4.34. The monoisotopic (exact) mass is 292 g/mol. The van der Waals surface area contributed by atoms with Crippen LogP contribution in [-0.2, 0) is 19.1 Å². The summed E-state index contributed by atoms with van der Waals surface area (Å²) >= 11 is 0. The molecule has 0 aromatic carbocycles. The van der Waals surface area contributed by atoms with Gasteiger partial charge in [0.15, 0.2) is 5.78 Å². The fourth-order valence-corrected chi connectivity index (χ4v) is 2.81. The van der Waals surface area contributed by atoms with Crippen molar-refractivity contribution in [3.05, 3.63) is 22.8 Å². The van der Waals surface area contributed by atoms with Crippen molar-refractivity contribution in [1.82, 2.24) is 0 Å². The first-order valence-corrected chi connectivity index (χ1v) is 7.50. The quantitative estimate of drug-likeness (QED) is 0.339. The number of Topliss-reactive ketones (excluding diaryl/α,β-unsaturated/α-hetero) is 1. The van der Waals surface area contributed by atoms with Crippen molar-refractivity contribution in [2.75, 3.05) is 6.61 Å². The molecule has 0 unspecified atom stereocenters. The van der Waals surface area contributed by atoms with E-state index in [4.69, 9.17) is 9.47 Å². The van der Waals surface area contributed by atoms with Crippen LogP contribution in [0.25, 0.3) is 0 Å². The fourth-order valence-electron chi connectivity index (χ4n) is 2.81. The number of carbonyl (C=O) groups is 2. The Bertz CT molecular complexity index is 515. The largest absolute Gasteiger partial charge is 0.461 e. The Morgan fingerprint density at radius 2 is 2.19 bits per heavy atom. The molecule has 2 atom stereocenters. The average molecular weight is 292 g/mol. The van der Waals surface area contributed by atoms with Crippen LogP contribution in [0.15, 0.2) is 22.8 Å². The molecule has 0 radical (unpaired) electrons. The van der Waals surface area contributed by atoms with E-state index in [-0.39, 0.29) is 30.1 Å². The number of fused-ring (bicyclic) bond motifs is 1. The van der Waals surface area contributed by atoms with E-state index in [2.05, 4.69) is 13.0 Å². The third-order valence-electron chi connectivity index (χ3n) is 4.34. The first kappa shape index (κ1) is 16.0. The Kier molecular flexibility index (Phi) is 4.67. The summed E-state index contributed by atoms with van der Waals surface area (Å²) in [5.41, 5.74) is 2.59. The van der Waals surface area contributed by atoms with Gasteiger partial charge in [0.2, 0.25) is 0 Å². The Labute approximate surface area is 126 Å². The summed E-state index contributed by atoms with van der Waals surface area (Å²) in [6, 6.07) is 0. The lowest BCUT2D eigenvalue weighted by atomic mass is 9.89. The SMILES string of the molecule is CC(=O)OC/C(C)=C1/C[C@@H]2O[C@@]2(C)CCC=C(C)CC1=O. The van der Waals surface area contributed by atoms with E-state index in [0.29, 0.717) is 12.8 Å². The van der Waals surface area contributed by atoms with Crippen molar-refractivity contribution in [2.45, 2.75) is 65.1 Å². The standard InChI is InChI=1S/C17H24O4/c1-11-6-5-7-17(4)16(21-17)9-14(15(19)8-11)12(2)10-20-13(3)18/h6,16H,5,7-10H2,1-4H3/b11-6?,14-12-/t16-,17-/m0/s1. The first-order valence-electron chi connectivity index (χ1n) is 7.50. The number of ether oxygens (including phenoxy) is 2. The minimum Gasteiger partial charge on any atom is -0.461 e. The molecular weight excluding hydrogens is 268 g/mol. The Morgan fingerprint density at radius 3 is 2.86 bits per heavy atom. The lowest BCUT2D eigenvalue weighted by Crippen LogP contribution is -2.17. The molecule has 0 N–H and O–H groups in total. The molecule has 2 aliphatic rings. The van der Waals surface area contributed by atoms with Crippen LogP contribution in [0.4, 0.5) is 0 Å². The molecule has 0 aromatic heterocycles. The van der Waals surface area contributed by atoms with Gasteiger partial charge in [0, 0.05) is 25.3 Å². The van der Waals surface area contributed by atoms with Crippen LogP contribution < -0.4 is 0 Å². The Balaban J connectivity index is 2.21. The number of esters is 1. The zero-order valence-corrected chi connectivity index (χ0v) is 13.3. The second-order valence-corrected chi connectivity index (χ2v) is 6.35. The van der Waals surface area contributed by atoms with Crippen molar-refractivity contribution in [3.8, 4) is 0 Å². The Morgan fingerprint density at radius 1 is 1.48 bits per heavy atom. The van der Waals surface area contributed by atoms with Gasteiger partial charge < -0.3 is 9.47 Å². The van der Waals surface area contributed by atoms with E-state index < -0.39 is 0 Å². The summed E-state index contributed by atoms with van der Waals surface area (Å²) in [5.74, 6) is -0.209. The first-order chi connectivity index (χ1) is 9.82. The van der Waals surface area contributed by atoms with Crippen molar-refractivity contribution in [1.29, 1.82) is 0 Å². The van der Waals surface area contributed by atoms with E-state index in [0.717, 1.165) is 29.6 Å². The number of hydrogen-bond acceptors (Lipinski definition) is 4. The average Bonchev–Trinajstić information content (AvgIpc) is 3.03. The zero-order valence-electron chi connectivity index (χ0n) is 13.3. The van der Waals surface area contributed by atoms with E-state index in [1.165, 1.54) is 6.92 Å². The van der Waals surface area contributed by atoms with Crippen LogP contribution >= 0.6 is 0 Å². The zero-order chi connectivity index (χ0) is 15.6. The highest BCUT2D eigenvalue weighted by Gasteiger charge is 2.51. The third kappa shape index (κ3) is 4.03. The van der Waals surface area contributed by atoms with Crippen LogP contribution in [0.1, 0.15) is 53.4 Å². The summed E-state index contributed by atoms with van der Waals surface area (Å²) in [6.07, 6.45) is 5.24. The maximum Gasteiger partial charge on any atom is 0.302 e. The molecule has 1 aliphatic carbocycles. The number of rotatable bonds is 2. The van der Waals surface area contributed by atoms with Crippen LogP contribution in [0.3, 0.4) is 0 Å². The number of carbonyl (C=O) groups excluding carboxylic acids is 2. The van der Waals surface area contributed by atoms with E-state index in [1.54, 1.807) is 0 Å². The molecule has 21 heavy (non-hydrogen) atoms. The van der Waals surface area contributed by atoms with Crippen molar-refractivity contribution in [2.24, 2.45) is 0 Å². The van der Waals surface area contributed by atoms with E-state index >= 15 is 0 Å². The van der Waals surface area contributed by atoms with Gasteiger partial charge in [-0.3, -0.25) is 9.59 Å². The number of ketones is 1. The van der Waals surface area contributed by atoms with Gasteiger partial charge in [-0.2, -0.15) is 0 Å². The van der Waals surface area contributed by atoms with Gasteiger partial charge in [0.05, 0.1) is 11.7 Å². The maximum absolute atomic E-state index is 12.5. The van der Waals surface area contributed by atoms with Gasteiger partial charge in [-0.25, -0.2) is 0 Å². The predicted molar refractivity (Wildman–Crippen MR) is 79.8 cm³/mol. The molecule has 1 aliphatic heterocycles. The molecule has 4 heteroatoms.